The van der Waals surface area contributed by atoms with E-state index in [1.54, 1.807) is 55.2 Å². The van der Waals surface area contributed by atoms with Crippen LogP contribution in [-0.2, 0) is 0 Å². The Hall–Kier alpha value is -4.72. The topological polar surface area (TPSA) is 99.8 Å². The molecule has 0 saturated carbocycles. The maximum Gasteiger partial charge on any atom is 0.337 e. The summed E-state index contributed by atoms with van der Waals surface area (Å²) in [5.41, 5.74) is 5.47. The van der Waals surface area contributed by atoms with Crippen LogP contribution in [0.5, 0.6) is 0 Å². The lowest BCUT2D eigenvalue weighted by Crippen LogP contribution is -2.21. The van der Waals surface area contributed by atoms with Crippen LogP contribution in [-0.4, -0.2) is 52.5 Å². The zero-order valence-corrected chi connectivity index (χ0v) is 20.6. The Labute approximate surface area is 209 Å². The lowest BCUT2D eigenvalue weighted by Gasteiger charge is -2.17. The molecule has 0 bridgehead atoms. The number of para-hydroxylation sites is 2. The maximum atomic E-state index is 12.9. The van der Waals surface area contributed by atoms with E-state index in [0.29, 0.717) is 28.5 Å². The van der Waals surface area contributed by atoms with Crippen molar-refractivity contribution in [2.24, 2.45) is 4.99 Å². The number of aliphatic imine (C=N–C) groups is 1. The van der Waals surface area contributed by atoms with Gasteiger partial charge in [-0.05, 0) is 62.0 Å². The zero-order chi connectivity index (χ0) is 26.0. The molecular formula is C28H27N5O3. The molecule has 3 aromatic carbocycles. The number of hydrogen-bond donors (Lipinski definition) is 2. The molecule has 8 heteroatoms. The van der Waals surface area contributed by atoms with Gasteiger partial charge in [0.1, 0.15) is 5.82 Å². The number of nitrogens with zero attached hydrogens (tertiary/aromatic N) is 4. The highest BCUT2D eigenvalue weighted by Gasteiger charge is 2.23. The number of benzene rings is 3. The van der Waals surface area contributed by atoms with E-state index in [2.05, 4.69) is 17.0 Å². The van der Waals surface area contributed by atoms with Crippen molar-refractivity contribution in [3.05, 3.63) is 89.1 Å². The molecule has 2 N–H and O–H groups in total. The first-order valence-corrected chi connectivity index (χ1v) is 11.3. The molecule has 0 aliphatic rings. The maximum absolute atomic E-state index is 12.9. The number of aromatic nitrogens is 2. The van der Waals surface area contributed by atoms with E-state index in [1.165, 1.54) is 4.90 Å². The first-order valence-electron chi connectivity index (χ1n) is 11.3. The first kappa shape index (κ1) is 24.4. The molecule has 0 aliphatic heterocycles. The van der Waals surface area contributed by atoms with Crippen LogP contribution in [0.15, 0.2) is 71.7 Å². The average Bonchev–Trinajstić information content (AvgIpc) is 3.18. The fraction of sp³-hybridized carbons (Fsp3) is 0.143. The second-order valence-corrected chi connectivity index (χ2v) is 8.57. The molecule has 1 heterocycles. The number of carbonyl (C=O) groups excluding carboxylic acids is 1. The third kappa shape index (κ3) is 4.48. The number of rotatable bonds is 7. The van der Waals surface area contributed by atoms with Crippen LogP contribution in [0, 0.1) is 13.8 Å². The van der Waals surface area contributed by atoms with Gasteiger partial charge in [0.15, 0.2) is 0 Å². The van der Waals surface area contributed by atoms with Gasteiger partial charge in [-0.15, -0.1) is 0 Å². The molecule has 0 saturated heterocycles. The van der Waals surface area contributed by atoms with Gasteiger partial charge >= 0.3 is 5.97 Å². The quantitative estimate of drug-likeness (QED) is 0.333. The third-order valence-corrected chi connectivity index (χ3v) is 5.91. The Morgan fingerprint density at radius 2 is 1.69 bits per heavy atom. The summed E-state index contributed by atoms with van der Waals surface area (Å²) in [6.07, 6.45) is 0. The zero-order valence-electron chi connectivity index (χ0n) is 20.6. The summed E-state index contributed by atoms with van der Waals surface area (Å²) in [6.45, 7) is 7.47. The molecule has 0 fully saturated rings. The van der Waals surface area contributed by atoms with E-state index in [4.69, 9.17) is 5.10 Å². The van der Waals surface area contributed by atoms with E-state index >= 15 is 0 Å². The van der Waals surface area contributed by atoms with Crippen LogP contribution in [0.25, 0.3) is 16.8 Å². The predicted molar refractivity (Wildman–Crippen MR) is 142 cm³/mol. The van der Waals surface area contributed by atoms with E-state index < -0.39 is 5.97 Å². The van der Waals surface area contributed by atoms with E-state index in [-0.39, 0.29) is 11.5 Å². The lowest BCUT2D eigenvalue weighted by molar-refractivity contribution is 0.0697. The van der Waals surface area contributed by atoms with Crippen molar-refractivity contribution in [2.75, 3.05) is 19.4 Å². The van der Waals surface area contributed by atoms with E-state index in [9.17, 15) is 14.7 Å². The van der Waals surface area contributed by atoms with E-state index in [0.717, 1.165) is 22.4 Å². The SMILES string of the molecule is C=Nc1ccc(-c2c(C)nn(-c3ccccc3C)c2Nc2ccccc2C(=O)O)cc1C(=O)N(C)C. The molecule has 4 rings (SSSR count). The lowest BCUT2D eigenvalue weighted by atomic mass is 10.0. The largest absolute Gasteiger partial charge is 0.478 e. The van der Waals surface area contributed by atoms with Crippen LogP contribution >= 0.6 is 0 Å². The van der Waals surface area contributed by atoms with Crippen LogP contribution < -0.4 is 5.32 Å². The van der Waals surface area contributed by atoms with Crippen molar-refractivity contribution in [1.29, 1.82) is 0 Å². The van der Waals surface area contributed by atoms with Gasteiger partial charge in [-0.2, -0.15) is 5.10 Å². The summed E-state index contributed by atoms with van der Waals surface area (Å²) in [4.78, 5) is 30.3. The summed E-state index contributed by atoms with van der Waals surface area (Å²) < 4.78 is 1.77. The fourth-order valence-electron chi connectivity index (χ4n) is 4.11. The first-order chi connectivity index (χ1) is 17.2. The van der Waals surface area contributed by atoms with Crippen molar-refractivity contribution in [2.45, 2.75) is 13.8 Å². The number of aryl methyl sites for hydroxylation is 2. The smallest absolute Gasteiger partial charge is 0.337 e. The van der Waals surface area contributed by atoms with Crippen molar-refractivity contribution in [3.8, 4) is 16.8 Å². The molecule has 8 nitrogen and oxygen atoms in total. The number of carboxylic acids is 1. The van der Waals surface area contributed by atoms with Gasteiger partial charge < -0.3 is 15.3 Å². The number of hydrogen-bond acceptors (Lipinski definition) is 5. The summed E-state index contributed by atoms with van der Waals surface area (Å²) in [7, 11) is 3.36. The van der Waals surface area contributed by atoms with Gasteiger partial charge in [-0.3, -0.25) is 9.79 Å². The number of carbonyl (C=O) groups is 2. The second kappa shape index (κ2) is 9.87. The molecule has 0 atom stereocenters. The van der Waals surface area contributed by atoms with Crippen LogP contribution in [0.4, 0.5) is 17.2 Å². The van der Waals surface area contributed by atoms with Crippen LogP contribution in [0.3, 0.4) is 0 Å². The minimum Gasteiger partial charge on any atom is -0.478 e. The molecule has 0 spiro atoms. The monoisotopic (exact) mass is 481 g/mol. The fourth-order valence-corrected chi connectivity index (χ4v) is 4.11. The Kier molecular flexibility index (Phi) is 6.69. The predicted octanol–water partition coefficient (Wildman–Crippen LogP) is 5.63. The van der Waals surface area contributed by atoms with Crippen LogP contribution in [0.2, 0.25) is 0 Å². The van der Waals surface area contributed by atoms with Crippen LogP contribution in [0.1, 0.15) is 32.0 Å². The summed E-state index contributed by atoms with van der Waals surface area (Å²) in [5, 5.41) is 17.9. The van der Waals surface area contributed by atoms with Gasteiger partial charge in [0, 0.05) is 19.7 Å². The minimum atomic E-state index is -1.04. The highest BCUT2D eigenvalue weighted by molar-refractivity contribution is 6.01. The summed E-state index contributed by atoms with van der Waals surface area (Å²) >= 11 is 0. The normalized spacial score (nSPS) is 10.7. The Bertz CT molecular complexity index is 1490. The van der Waals surface area contributed by atoms with Gasteiger partial charge in [0.25, 0.3) is 5.91 Å². The van der Waals surface area contributed by atoms with Crippen molar-refractivity contribution in [3.63, 3.8) is 0 Å². The molecule has 1 amide bonds. The molecule has 1 aromatic heterocycles. The van der Waals surface area contributed by atoms with E-state index in [1.807, 2.05) is 44.2 Å². The number of anilines is 2. The van der Waals surface area contributed by atoms with Gasteiger partial charge in [0.05, 0.1) is 33.9 Å². The van der Waals surface area contributed by atoms with Crippen molar-refractivity contribution < 1.29 is 14.7 Å². The molecule has 4 aromatic rings. The third-order valence-electron chi connectivity index (χ3n) is 5.91. The second-order valence-electron chi connectivity index (χ2n) is 8.57. The summed E-state index contributed by atoms with van der Waals surface area (Å²) in [5.74, 6) is -0.661. The van der Waals surface area contributed by atoms with Gasteiger partial charge in [-0.25, -0.2) is 9.48 Å². The number of aromatic carboxylic acids is 1. The Morgan fingerprint density at radius 3 is 2.36 bits per heavy atom. The molecule has 0 radical (unpaired) electrons. The number of amides is 1. The Balaban J connectivity index is 1.99. The molecule has 36 heavy (non-hydrogen) atoms. The highest BCUT2D eigenvalue weighted by atomic mass is 16.4. The molecule has 182 valence electrons. The molecule has 0 aliphatic carbocycles. The Morgan fingerprint density at radius 1 is 1.00 bits per heavy atom. The minimum absolute atomic E-state index is 0.133. The molecular weight excluding hydrogens is 454 g/mol. The number of carboxylic acid groups (broad SMARTS) is 1. The van der Waals surface area contributed by atoms with Gasteiger partial charge in [0.2, 0.25) is 0 Å². The van der Waals surface area contributed by atoms with Gasteiger partial charge in [-0.1, -0.05) is 36.4 Å². The summed E-state index contributed by atoms with van der Waals surface area (Å²) in [6, 6.07) is 19.9. The van der Waals surface area contributed by atoms with Crippen molar-refractivity contribution in [1.82, 2.24) is 14.7 Å². The highest BCUT2D eigenvalue weighted by Crippen LogP contribution is 2.38. The average molecular weight is 482 g/mol. The van der Waals surface area contributed by atoms with Crippen molar-refractivity contribution >= 4 is 35.8 Å². The molecule has 0 unspecified atom stereocenters. The number of nitrogens with one attached hydrogen (secondary N) is 1. The standard InChI is InChI=1S/C28H27N5O3/c1-17-10-6-9-13-24(17)33-26(30-23-12-8-7-11-20(23)28(35)36)25(18(2)31-33)19-14-15-22(29-3)21(16-19)27(34)32(4)5/h6-16,30H,3H2,1-2,4-5H3,(H,35,36).